The van der Waals surface area contributed by atoms with E-state index in [1.807, 2.05) is 24.3 Å². The van der Waals surface area contributed by atoms with Crippen molar-refractivity contribution in [1.82, 2.24) is 10.6 Å². The fourth-order valence-corrected chi connectivity index (χ4v) is 3.08. The molecule has 1 aromatic rings. The smallest absolute Gasteiger partial charge is 0.191 e. The number of methoxy groups -OCH3 is 1. The Morgan fingerprint density at radius 1 is 1.39 bits per heavy atom. The van der Waals surface area contributed by atoms with Crippen LogP contribution in [0.25, 0.3) is 0 Å². The van der Waals surface area contributed by atoms with Crippen LogP contribution in [-0.4, -0.2) is 59.1 Å². The van der Waals surface area contributed by atoms with Crippen molar-refractivity contribution in [2.75, 3.05) is 53.2 Å². The Hall–Kier alpha value is -0.610. The number of aliphatic imine (C=N–C) groups is 1. The van der Waals surface area contributed by atoms with Gasteiger partial charge in [0.2, 0.25) is 0 Å². The molecule has 1 saturated heterocycles. The van der Waals surface area contributed by atoms with Gasteiger partial charge in [-0.3, -0.25) is 4.99 Å². The quantitative estimate of drug-likeness (QED) is 0.200. The highest BCUT2D eigenvalue weighted by Gasteiger charge is 2.15. The Morgan fingerprint density at radius 2 is 2.25 bits per heavy atom. The Balaban J connectivity index is 0.00000392. The molecule has 0 radical (unpaired) electrons. The van der Waals surface area contributed by atoms with Crippen molar-refractivity contribution in [3.63, 3.8) is 0 Å². The average Bonchev–Trinajstić information content (AvgIpc) is 3.18. The molecule has 0 aromatic heterocycles. The Bertz CT molecular complexity index is 571. The van der Waals surface area contributed by atoms with Gasteiger partial charge in [0.15, 0.2) is 5.96 Å². The summed E-state index contributed by atoms with van der Waals surface area (Å²) in [6.45, 7) is 7.42. The van der Waals surface area contributed by atoms with Crippen molar-refractivity contribution < 1.29 is 14.2 Å². The number of benzene rings is 1. The molecule has 0 amide bonds. The van der Waals surface area contributed by atoms with E-state index in [9.17, 15) is 0 Å². The number of nitrogens with one attached hydrogen (secondary N) is 2. The second-order valence-corrected chi connectivity index (χ2v) is 7.02. The number of guanidine groups is 1. The van der Waals surface area contributed by atoms with Crippen molar-refractivity contribution in [2.24, 2.45) is 10.9 Å². The third-order valence-electron chi connectivity index (χ3n) is 4.40. The molecule has 2 unspecified atom stereocenters. The van der Waals surface area contributed by atoms with Gasteiger partial charge in [-0.1, -0.05) is 23.7 Å². The Labute approximate surface area is 190 Å². The van der Waals surface area contributed by atoms with Crippen molar-refractivity contribution >= 4 is 41.5 Å². The maximum absolute atomic E-state index is 6.08. The molecule has 0 saturated carbocycles. The molecule has 2 atom stereocenters. The summed E-state index contributed by atoms with van der Waals surface area (Å²) in [6, 6.07) is 7.70. The van der Waals surface area contributed by atoms with Gasteiger partial charge >= 0.3 is 0 Å². The molecule has 1 fully saturated rings. The monoisotopic (exact) mass is 525 g/mol. The van der Waals surface area contributed by atoms with E-state index in [0.29, 0.717) is 17.5 Å². The minimum atomic E-state index is -0.129. The lowest BCUT2D eigenvalue weighted by Gasteiger charge is -2.16. The second kappa shape index (κ2) is 15.3. The largest absolute Gasteiger partial charge is 0.381 e. The van der Waals surface area contributed by atoms with Crippen LogP contribution >= 0.6 is 35.6 Å². The van der Waals surface area contributed by atoms with Gasteiger partial charge in [-0.25, -0.2) is 0 Å². The Morgan fingerprint density at radius 3 is 2.93 bits per heavy atom. The zero-order valence-electron chi connectivity index (χ0n) is 16.8. The number of halogens is 2. The first-order valence-electron chi connectivity index (χ1n) is 9.68. The summed E-state index contributed by atoms with van der Waals surface area (Å²) in [5, 5.41) is 7.31. The molecule has 2 rings (SSSR count). The Kier molecular flexibility index (Phi) is 13.9. The van der Waals surface area contributed by atoms with Crippen LogP contribution in [0.2, 0.25) is 5.02 Å². The molecular weight excluding hydrogens is 493 g/mol. The van der Waals surface area contributed by atoms with Crippen LogP contribution in [0.5, 0.6) is 0 Å². The van der Waals surface area contributed by atoms with E-state index < -0.39 is 0 Å². The number of rotatable bonds is 11. The maximum atomic E-state index is 6.08. The number of nitrogens with zero attached hydrogens (tertiary/aromatic N) is 1. The summed E-state index contributed by atoms with van der Waals surface area (Å²) in [4.78, 5) is 4.64. The molecule has 0 bridgehead atoms. The summed E-state index contributed by atoms with van der Waals surface area (Å²) >= 11 is 6.08. The van der Waals surface area contributed by atoms with E-state index in [1.54, 1.807) is 7.11 Å². The van der Waals surface area contributed by atoms with Gasteiger partial charge in [0.1, 0.15) is 6.10 Å². The lowest BCUT2D eigenvalue weighted by atomic mass is 10.1. The van der Waals surface area contributed by atoms with E-state index >= 15 is 0 Å². The molecule has 8 heteroatoms. The van der Waals surface area contributed by atoms with Gasteiger partial charge in [-0.2, -0.15) is 0 Å². The van der Waals surface area contributed by atoms with Crippen LogP contribution in [0.3, 0.4) is 0 Å². The first kappa shape index (κ1) is 25.4. The summed E-state index contributed by atoms with van der Waals surface area (Å²) in [7, 11) is 1.69. The summed E-state index contributed by atoms with van der Waals surface area (Å²) in [6.07, 6.45) is 1.92. The first-order chi connectivity index (χ1) is 13.2. The van der Waals surface area contributed by atoms with Crippen LogP contribution in [-0.2, 0) is 14.2 Å². The van der Waals surface area contributed by atoms with Gasteiger partial charge < -0.3 is 24.8 Å². The lowest BCUT2D eigenvalue weighted by Crippen LogP contribution is -2.38. The SMILES string of the molecule is CCNC(=NCC(OC)c1cccc(Cl)c1)NCCCOCC1CCOC1.I. The van der Waals surface area contributed by atoms with Gasteiger partial charge in [-0.05, 0) is 37.5 Å². The molecule has 1 aliphatic rings. The highest BCUT2D eigenvalue weighted by molar-refractivity contribution is 14.0. The first-order valence-corrected chi connectivity index (χ1v) is 10.1. The molecule has 28 heavy (non-hydrogen) atoms. The maximum Gasteiger partial charge on any atom is 0.191 e. The lowest BCUT2D eigenvalue weighted by molar-refractivity contribution is 0.0887. The molecule has 160 valence electrons. The summed E-state index contributed by atoms with van der Waals surface area (Å²) < 4.78 is 16.7. The van der Waals surface area contributed by atoms with E-state index in [4.69, 9.17) is 25.8 Å². The van der Waals surface area contributed by atoms with Crippen molar-refractivity contribution in [1.29, 1.82) is 0 Å². The highest BCUT2D eigenvalue weighted by Crippen LogP contribution is 2.20. The molecule has 2 N–H and O–H groups in total. The fourth-order valence-electron chi connectivity index (χ4n) is 2.88. The summed E-state index contributed by atoms with van der Waals surface area (Å²) in [5.74, 6) is 1.35. The average molecular weight is 526 g/mol. The molecule has 1 aromatic carbocycles. The van der Waals surface area contributed by atoms with Crippen molar-refractivity contribution in [3.8, 4) is 0 Å². The molecule has 1 heterocycles. The van der Waals surface area contributed by atoms with Crippen LogP contribution < -0.4 is 10.6 Å². The molecule has 0 spiro atoms. The van der Waals surface area contributed by atoms with E-state index in [2.05, 4.69) is 22.5 Å². The number of hydrogen-bond acceptors (Lipinski definition) is 4. The van der Waals surface area contributed by atoms with E-state index in [0.717, 1.165) is 63.9 Å². The molecule has 0 aliphatic carbocycles. The topological polar surface area (TPSA) is 64.1 Å². The zero-order chi connectivity index (χ0) is 19.3. The third kappa shape index (κ3) is 9.73. The predicted molar refractivity (Wildman–Crippen MR) is 125 cm³/mol. The van der Waals surface area contributed by atoms with Crippen molar-refractivity contribution in [3.05, 3.63) is 34.9 Å². The third-order valence-corrected chi connectivity index (χ3v) is 4.63. The standard InChI is InChI=1S/C20H32ClN3O3.HI/c1-3-22-20(23-9-5-10-26-14-16-8-11-27-15-16)24-13-19(25-2)17-6-4-7-18(21)12-17;/h4,6-7,12,16,19H,3,5,8-11,13-15H2,1-2H3,(H2,22,23,24);1H. The zero-order valence-corrected chi connectivity index (χ0v) is 19.9. The molecule has 1 aliphatic heterocycles. The number of hydrogen-bond donors (Lipinski definition) is 2. The van der Waals surface area contributed by atoms with Crippen LogP contribution in [0.15, 0.2) is 29.3 Å². The van der Waals surface area contributed by atoms with Gasteiger partial charge in [0, 0.05) is 44.4 Å². The minimum absolute atomic E-state index is 0. The van der Waals surface area contributed by atoms with Gasteiger partial charge in [0.25, 0.3) is 0 Å². The normalized spacial score (nSPS) is 17.8. The van der Waals surface area contributed by atoms with Crippen LogP contribution in [0.1, 0.15) is 31.4 Å². The number of ether oxygens (including phenoxy) is 3. The fraction of sp³-hybridized carbons (Fsp3) is 0.650. The predicted octanol–water partition coefficient (Wildman–Crippen LogP) is 3.64. The molecule has 6 nitrogen and oxygen atoms in total. The van der Waals surface area contributed by atoms with Crippen LogP contribution in [0.4, 0.5) is 0 Å². The minimum Gasteiger partial charge on any atom is -0.381 e. The van der Waals surface area contributed by atoms with E-state index in [1.165, 1.54) is 0 Å². The highest BCUT2D eigenvalue weighted by atomic mass is 127. The second-order valence-electron chi connectivity index (χ2n) is 6.58. The van der Waals surface area contributed by atoms with Gasteiger partial charge in [-0.15, -0.1) is 24.0 Å². The van der Waals surface area contributed by atoms with Crippen LogP contribution in [0, 0.1) is 5.92 Å². The van der Waals surface area contributed by atoms with Gasteiger partial charge in [0.05, 0.1) is 19.8 Å². The van der Waals surface area contributed by atoms with E-state index in [-0.39, 0.29) is 30.1 Å². The molecular formula is C20H33ClIN3O3. The summed E-state index contributed by atoms with van der Waals surface area (Å²) in [5.41, 5.74) is 1.02. The van der Waals surface area contributed by atoms with Crippen molar-refractivity contribution in [2.45, 2.75) is 25.9 Å².